The van der Waals surface area contributed by atoms with Gasteiger partial charge in [0.25, 0.3) is 0 Å². The van der Waals surface area contributed by atoms with E-state index >= 15 is 0 Å². The summed E-state index contributed by atoms with van der Waals surface area (Å²) >= 11 is 0. The Balaban J connectivity index is 2.19. The molecule has 0 aromatic heterocycles. The zero-order valence-electron chi connectivity index (χ0n) is 10.7. The maximum Gasteiger partial charge on any atom is 0.00483 e. The lowest BCUT2D eigenvalue weighted by atomic mass is 9.89. The third-order valence-corrected chi connectivity index (χ3v) is 3.79. The third-order valence-electron chi connectivity index (χ3n) is 3.79. The predicted molar refractivity (Wildman–Crippen MR) is 66.9 cm³/mol. The van der Waals surface area contributed by atoms with Gasteiger partial charge in [-0.3, -0.25) is 0 Å². The average molecular weight is 212 g/mol. The fraction of sp³-hybridized carbons (Fsp3) is 1.00. The molecule has 2 atom stereocenters. The van der Waals surface area contributed by atoms with Gasteiger partial charge in [0, 0.05) is 19.1 Å². The summed E-state index contributed by atoms with van der Waals surface area (Å²) in [5.41, 5.74) is 5.89. The fourth-order valence-electron chi connectivity index (χ4n) is 2.54. The normalized spacial score (nSPS) is 23.0. The van der Waals surface area contributed by atoms with Crippen LogP contribution in [0.15, 0.2) is 0 Å². The monoisotopic (exact) mass is 212 g/mol. The number of hydrogen-bond donors (Lipinski definition) is 1. The molecule has 0 radical (unpaired) electrons. The van der Waals surface area contributed by atoms with Gasteiger partial charge in [-0.05, 0) is 38.6 Å². The van der Waals surface area contributed by atoms with Crippen molar-refractivity contribution in [1.29, 1.82) is 0 Å². The van der Waals surface area contributed by atoms with Gasteiger partial charge in [0.2, 0.25) is 0 Å². The van der Waals surface area contributed by atoms with Crippen molar-refractivity contribution in [2.45, 2.75) is 52.0 Å². The Morgan fingerprint density at radius 3 is 2.33 bits per heavy atom. The highest BCUT2D eigenvalue weighted by molar-refractivity contribution is 4.72. The van der Waals surface area contributed by atoms with Crippen LogP contribution in [0, 0.1) is 11.8 Å². The molecule has 0 bridgehead atoms. The summed E-state index contributed by atoms with van der Waals surface area (Å²) in [4.78, 5) is 2.48. The van der Waals surface area contributed by atoms with E-state index in [1.165, 1.54) is 38.6 Å². The van der Waals surface area contributed by atoms with Crippen LogP contribution >= 0.6 is 0 Å². The summed E-state index contributed by atoms with van der Waals surface area (Å²) in [6.45, 7) is 6.78. The summed E-state index contributed by atoms with van der Waals surface area (Å²) in [6.07, 6.45) is 7.23. The van der Waals surface area contributed by atoms with Crippen LogP contribution in [-0.2, 0) is 0 Å². The number of nitrogens with two attached hydrogens (primary N) is 1. The molecule has 1 aliphatic carbocycles. The van der Waals surface area contributed by atoms with Crippen molar-refractivity contribution in [3.63, 3.8) is 0 Å². The van der Waals surface area contributed by atoms with Gasteiger partial charge in [0.1, 0.15) is 0 Å². The molecular formula is C13H28N2. The summed E-state index contributed by atoms with van der Waals surface area (Å²) in [5, 5.41) is 0. The molecule has 0 aliphatic heterocycles. The van der Waals surface area contributed by atoms with Crippen molar-refractivity contribution in [3.8, 4) is 0 Å². The molecule has 1 aliphatic rings. The van der Waals surface area contributed by atoms with Crippen molar-refractivity contribution in [1.82, 2.24) is 4.90 Å². The molecule has 2 N–H and O–H groups in total. The van der Waals surface area contributed by atoms with Crippen LogP contribution in [-0.4, -0.2) is 31.1 Å². The van der Waals surface area contributed by atoms with E-state index in [-0.39, 0.29) is 0 Å². The first-order valence-corrected chi connectivity index (χ1v) is 6.53. The first-order chi connectivity index (χ1) is 7.09. The number of hydrogen-bond acceptors (Lipinski definition) is 2. The molecule has 2 nitrogen and oxygen atoms in total. The van der Waals surface area contributed by atoms with Crippen molar-refractivity contribution in [2.24, 2.45) is 17.6 Å². The van der Waals surface area contributed by atoms with Crippen LogP contribution in [0.3, 0.4) is 0 Å². The van der Waals surface area contributed by atoms with Crippen LogP contribution in [0.1, 0.15) is 46.0 Å². The topological polar surface area (TPSA) is 29.3 Å². The predicted octanol–water partition coefficient (Wildman–Crippen LogP) is 2.48. The van der Waals surface area contributed by atoms with Crippen LogP contribution < -0.4 is 5.73 Å². The molecule has 2 heteroatoms. The van der Waals surface area contributed by atoms with Crippen molar-refractivity contribution in [2.75, 3.05) is 20.1 Å². The summed E-state index contributed by atoms with van der Waals surface area (Å²) < 4.78 is 0. The standard InChI is InChI=1S/C13H28N2/c1-11(12(2)14)9-15(3)10-13-7-5-4-6-8-13/h11-13H,4-10,14H2,1-3H3. The highest BCUT2D eigenvalue weighted by Gasteiger charge is 2.17. The fourth-order valence-corrected chi connectivity index (χ4v) is 2.54. The Kier molecular flexibility index (Phi) is 5.62. The van der Waals surface area contributed by atoms with Crippen LogP contribution in [0.5, 0.6) is 0 Å². The second kappa shape index (κ2) is 6.49. The van der Waals surface area contributed by atoms with Crippen LogP contribution in [0.25, 0.3) is 0 Å². The quantitative estimate of drug-likeness (QED) is 0.758. The Hall–Kier alpha value is -0.0800. The lowest BCUT2D eigenvalue weighted by Gasteiger charge is -2.29. The minimum absolute atomic E-state index is 0.318. The Labute approximate surface area is 95.2 Å². The van der Waals surface area contributed by atoms with Gasteiger partial charge in [0.05, 0.1) is 0 Å². The van der Waals surface area contributed by atoms with E-state index in [9.17, 15) is 0 Å². The Morgan fingerprint density at radius 1 is 1.20 bits per heavy atom. The van der Waals surface area contributed by atoms with Gasteiger partial charge in [0.15, 0.2) is 0 Å². The molecule has 0 saturated heterocycles. The zero-order valence-corrected chi connectivity index (χ0v) is 10.7. The van der Waals surface area contributed by atoms with Gasteiger partial charge in [-0.2, -0.15) is 0 Å². The smallest absolute Gasteiger partial charge is 0.00483 e. The lowest BCUT2D eigenvalue weighted by molar-refractivity contribution is 0.205. The molecule has 0 amide bonds. The van der Waals surface area contributed by atoms with E-state index < -0.39 is 0 Å². The molecule has 1 saturated carbocycles. The minimum atomic E-state index is 0.318. The first kappa shape index (κ1) is 13.0. The van der Waals surface area contributed by atoms with Gasteiger partial charge in [-0.1, -0.05) is 26.2 Å². The Morgan fingerprint density at radius 2 is 1.80 bits per heavy atom. The largest absolute Gasteiger partial charge is 0.328 e. The Bertz CT molecular complexity index is 162. The zero-order chi connectivity index (χ0) is 11.3. The van der Waals surface area contributed by atoms with Crippen LogP contribution in [0.4, 0.5) is 0 Å². The van der Waals surface area contributed by atoms with E-state index in [0.29, 0.717) is 12.0 Å². The van der Waals surface area contributed by atoms with E-state index in [4.69, 9.17) is 5.73 Å². The molecule has 1 fully saturated rings. The molecule has 1 rings (SSSR count). The minimum Gasteiger partial charge on any atom is -0.328 e. The van der Waals surface area contributed by atoms with Crippen molar-refractivity contribution >= 4 is 0 Å². The van der Waals surface area contributed by atoms with E-state index in [2.05, 4.69) is 25.8 Å². The molecule has 0 aromatic carbocycles. The molecular weight excluding hydrogens is 184 g/mol. The maximum atomic E-state index is 5.89. The van der Waals surface area contributed by atoms with E-state index in [1.807, 2.05) is 0 Å². The highest BCUT2D eigenvalue weighted by atomic mass is 15.1. The molecule has 90 valence electrons. The SMILES string of the molecule is CC(N)C(C)CN(C)CC1CCCCC1. The molecule has 0 heterocycles. The van der Waals surface area contributed by atoms with Crippen molar-refractivity contribution in [3.05, 3.63) is 0 Å². The number of nitrogens with zero attached hydrogens (tertiary/aromatic N) is 1. The van der Waals surface area contributed by atoms with Crippen molar-refractivity contribution < 1.29 is 0 Å². The van der Waals surface area contributed by atoms with E-state index in [1.54, 1.807) is 0 Å². The van der Waals surface area contributed by atoms with Gasteiger partial charge in [-0.15, -0.1) is 0 Å². The average Bonchev–Trinajstić information content (AvgIpc) is 2.18. The summed E-state index contributed by atoms with van der Waals surface area (Å²) in [5.74, 6) is 1.56. The number of rotatable bonds is 5. The lowest BCUT2D eigenvalue weighted by Crippen LogP contribution is -2.36. The molecule has 0 aromatic rings. The van der Waals surface area contributed by atoms with Crippen LogP contribution in [0.2, 0.25) is 0 Å². The molecule has 2 unspecified atom stereocenters. The van der Waals surface area contributed by atoms with Gasteiger partial charge < -0.3 is 10.6 Å². The third kappa shape index (κ3) is 4.98. The van der Waals surface area contributed by atoms with E-state index in [0.717, 1.165) is 12.5 Å². The second-order valence-corrected chi connectivity index (χ2v) is 5.56. The molecule has 0 spiro atoms. The summed E-state index contributed by atoms with van der Waals surface area (Å²) in [6, 6.07) is 0.318. The van der Waals surface area contributed by atoms with Gasteiger partial charge in [-0.25, -0.2) is 0 Å². The highest BCUT2D eigenvalue weighted by Crippen LogP contribution is 2.24. The molecule has 15 heavy (non-hydrogen) atoms. The maximum absolute atomic E-state index is 5.89. The summed E-state index contributed by atoms with van der Waals surface area (Å²) in [7, 11) is 2.24. The second-order valence-electron chi connectivity index (χ2n) is 5.56. The van der Waals surface area contributed by atoms with Gasteiger partial charge >= 0.3 is 0 Å². The first-order valence-electron chi connectivity index (χ1n) is 6.53.